The summed E-state index contributed by atoms with van der Waals surface area (Å²) < 4.78 is 1.87. The number of fused-ring (bicyclic) bond motifs is 9. The van der Waals surface area contributed by atoms with Gasteiger partial charge in [0.1, 0.15) is 5.82 Å². The molecule has 0 aliphatic carbocycles. The zero-order chi connectivity index (χ0) is 26.8. The molecule has 0 spiro atoms. The average Bonchev–Trinajstić information content (AvgIpc) is 3.37. The van der Waals surface area contributed by atoms with Crippen LogP contribution in [0.2, 0.25) is 0 Å². The Kier molecular flexibility index (Phi) is 5.33. The van der Waals surface area contributed by atoms with Gasteiger partial charge in [-0.15, -0.1) is 0 Å². The molecule has 2 bridgehead atoms. The molecule has 0 radical (unpaired) electrons. The first-order valence-electron chi connectivity index (χ1n) is 13.4. The molecule has 2 N–H and O–H groups in total. The van der Waals surface area contributed by atoms with Gasteiger partial charge in [0.15, 0.2) is 0 Å². The number of aromatic nitrogens is 3. The second kappa shape index (κ2) is 8.79. The van der Waals surface area contributed by atoms with Crippen LogP contribution < -0.4 is 15.8 Å². The summed E-state index contributed by atoms with van der Waals surface area (Å²) in [5, 5.41) is 14.7. The van der Waals surface area contributed by atoms with Gasteiger partial charge in [-0.1, -0.05) is 18.2 Å². The average molecular weight is 525 g/mol. The summed E-state index contributed by atoms with van der Waals surface area (Å²) in [5.41, 5.74) is 4.53. The summed E-state index contributed by atoms with van der Waals surface area (Å²) >= 11 is 0. The Bertz CT molecular complexity index is 1660. The third-order valence-electron chi connectivity index (χ3n) is 8.71. The number of aromatic amines is 1. The van der Waals surface area contributed by atoms with Gasteiger partial charge < -0.3 is 19.8 Å². The highest BCUT2D eigenvalue weighted by Gasteiger charge is 2.49. The van der Waals surface area contributed by atoms with E-state index in [1.54, 1.807) is 18.2 Å². The molecule has 2 aromatic heterocycles. The Morgan fingerprint density at radius 3 is 2.82 bits per heavy atom. The molecule has 0 saturated carbocycles. The molecule has 2 aromatic carbocycles. The van der Waals surface area contributed by atoms with Gasteiger partial charge in [-0.3, -0.25) is 19.7 Å². The van der Waals surface area contributed by atoms with E-state index in [4.69, 9.17) is 0 Å². The van der Waals surface area contributed by atoms with Crippen molar-refractivity contribution in [3.63, 3.8) is 0 Å². The number of nitro benzene ring substituents is 1. The van der Waals surface area contributed by atoms with Gasteiger partial charge in [0.05, 0.1) is 27.9 Å². The summed E-state index contributed by atoms with van der Waals surface area (Å²) in [5.74, 6) is 0.373. The number of rotatable bonds is 4. The van der Waals surface area contributed by atoms with Gasteiger partial charge in [0, 0.05) is 54.6 Å². The first kappa shape index (κ1) is 23.6. The number of non-ortho nitro benzene ring substituents is 1. The Balaban J connectivity index is 1.25. The van der Waals surface area contributed by atoms with Crippen LogP contribution in [0.3, 0.4) is 0 Å². The molecule has 198 valence electrons. The highest BCUT2D eigenvalue weighted by Crippen LogP contribution is 2.47. The summed E-state index contributed by atoms with van der Waals surface area (Å²) in [6.45, 7) is 3.11. The smallest absolute Gasteiger partial charge is 0.269 e. The quantitative estimate of drug-likeness (QED) is 0.310. The number of amides is 1. The Morgan fingerprint density at radius 2 is 2.00 bits per heavy atom. The number of hydrogen-bond acceptors (Lipinski definition) is 6. The van der Waals surface area contributed by atoms with E-state index in [-0.39, 0.29) is 41.1 Å². The van der Waals surface area contributed by atoms with E-state index < -0.39 is 10.8 Å². The van der Waals surface area contributed by atoms with E-state index in [0.717, 1.165) is 34.4 Å². The number of imidazole rings is 1. The van der Waals surface area contributed by atoms with Crippen LogP contribution >= 0.6 is 0 Å². The van der Waals surface area contributed by atoms with Gasteiger partial charge in [-0.05, 0) is 55.5 Å². The summed E-state index contributed by atoms with van der Waals surface area (Å²) in [4.78, 5) is 48.1. The minimum Gasteiger partial charge on any atom is -0.366 e. The van der Waals surface area contributed by atoms with Crippen molar-refractivity contribution in [2.45, 2.75) is 44.3 Å². The maximum atomic E-state index is 14.0. The number of H-pyrrole nitrogens is 1. The molecule has 7 rings (SSSR count). The van der Waals surface area contributed by atoms with Crippen molar-refractivity contribution in [2.24, 2.45) is 11.8 Å². The van der Waals surface area contributed by atoms with Crippen LogP contribution in [0.25, 0.3) is 11.0 Å². The van der Waals surface area contributed by atoms with Crippen LogP contribution in [0, 0.1) is 22.0 Å². The second-order valence-corrected chi connectivity index (χ2v) is 11.0. The largest absolute Gasteiger partial charge is 0.366 e. The fourth-order valence-corrected chi connectivity index (χ4v) is 7.02. The van der Waals surface area contributed by atoms with E-state index in [9.17, 15) is 19.7 Å². The van der Waals surface area contributed by atoms with Crippen molar-refractivity contribution < 1.29 is 9.72 Å². The molecular formula is C29H28N6O4. The number of hydrogen-bond donors (Lipinski definition) is 2. The normalized spacial score (nSPS) is 23.9. The molecule has 39 heavy (non-hydrogen) atoms. The van der Waals surface area contributed by atoms with E-state index in [0.29, 0.717) is 25.3 Å². The number of anilines is 1. The van der Waals surface area contributed by atoms with E-state index in [2.05, 4.69) is 20.2 Å². The zero-order valence-electron chi connectivity index (χ0n) is 21.4. The summed E-state index contributed by atoms with van der Waals surface area (Å²) in [7, 11) is 0. The molecule has 4 aromatic rings. The Hall–Kier alpha value is -4.47. The second-order valence-electron chi connectivity index (χ2n) is 11.0. The zero-order valence-corrected chi connectivity index (χ0v) is 21.4. The van der Waals surface area contributed by atoms with Crippen LogP contribution in [0.4, 0.5) is 11.4 Å². The van der Waals surface area contributed by atoms with E-state index in [1.807, 2.05) is 54.0 Å². The number of carbonyl (C=O) groups excluding carboxylic acids is 1. The Morgan fingerprint density at radius 1 is 1.15 bits per heavy atom. The minimum absolute atomic E-state index is 0.0120. The highest BCUT2D eigenvalue weighted by molar-refractivity contribution is 5.83. The third kappa shape index (κ3) is 3.81. The first-order valence-corrected chi connectivity index (χ1v) is 13.4. The van der Waals surface area contributed by atoms with Crippen molar-refractivity contribution in [3.8, 4) is 0 Å². The molecule has 5 heterocycles. The Labute approximate surface area is 223 Å². The third-order valence-corrected chi connectivity index (χ3v) is 8.71. The van der Waals surface area contributed by atoms with E-state index in [1.165, 1.54) is 0 Å². The number of piperidine rings is 1. The first-order chi connectivity index (χ1) is 18.9. The van der Waals surface area contributed by atoms with Crippen molar-refractivity contribution in [1.29, 1.82) is 0 Å². The predicted molar refractivity (Wildman–Crippen MR) is 146 cm³/mol. The van der Waals surface area contributed by atoms with Gasteiger partial charge >= 0.3 is 0 Å². The standard InChI is InChI=1S/C29H28N6O4/c1-16(28-31-22-5-2-3-6-23(22)32-28)30-29(37)21-13-17-12-20(35(38)39)9-10-25(17)34-14-18-11-19(27(21)34)15-33-24(18)7-4-8-26(33)36/h2-10,12,16,18-19,21,27H,11,13-15H2,1H3,(H,30,37)(H,31,32)/t16-,18?,19?,21+,27-/m0/s1. The van der Waals surface area contributed by atoms with E-state index >= 15 is 0 Å². The maximum Gasteiger partial charge on any atom is 0.269 e. The predicted octanol–water partition coefficient (Wildman–Crippen LogP) is 3.67. The van der Waals surface area contributed by atoms with Gasteiger partial charge in [0.25, 0.3) is 11.2 Å². The highest BCUT2D eigenvalue weighted by atomic mass is 16.6. The lowest BCUT2D eigenvalue weighted by molar-refractivity contribution is -0.384. The van der Waals surface area contributed by atoms with Gasteiger partial charge in [-0.25, -0.2) is 4.98 Å². The van der Waals surface area contributed by atoms with Gasteiger partial charge in [-0.2, -0.15) is 0 Å². The molecular weight excluding hydrogens is 496 g/mol. The van der Waals surface area contributed by atoms with Crippen LogP contribution in [0.15, 0.2) is 65.5 Å². The molecule has 2 unspecified atom stereocenters. The molecule has 1 fully saturated rings. The molecule has 3 aliphatic heterocycles. The number of nitro groups is 1. The molecule has 3 aliphatic rings. The van der Waals surface area contributed by atoms with Gasteiger partial charge in [0.2, 0.25) is 5.91 Å². The topological polar surface area (TPSA) is 126 Å². The molecule has 1 saturated heterocycles. The van der Waals surface area contributed by atoms with Crippen molar-refractivity contribution in [3.05, 3.63) is 98.2 Å². The van der Waals surface area contributed by atoms with Crippen LogP contribution in [0.1, 0.15) is 42.4 Å². The lowest BCUT2D eigenvalue weighted by Crippen LogP contribution is -2.61. The SMILES string of the molecule is C[C@H](NC(=O)[C@@H]1Cc2cc([N+](=O)[O-])ccc2N2CC3CC(Cn4c3cccc4=O)[C@@H]12)c1nc2ccccc2[nH]1. The number of nitrogens with zero attached hydrogens (tertiary/aromatic N) is 4. The van der Waals surface area contributed by atoms with Crippen molar-refractivity contribution >= 4 is 28.3 Å². The fraction of sp³-hybridized carbons (Fsp3) is 0.345. The van der Waals surface area contributed by atoms with Crippen LogP contribution in [-0.2, 0) is 17.8 Å². The lowest BCUT2D eigenvalue weighted by Gasteiger charge is -2.54. The minimum atomic E-state index is -0.432. The number of pyridine rings is 1. The summed E-state index contributed by atoms with van der Waals surface area (Å²) in [6.07, 6.45) is 1.30. The monoisotopic (exact) mass is 524 g/mol. The number of para-hydroxylation sites is 2. The van der Waals surface area contributed by atoms with Crippen LogP contribution in [-0.4, -0.2) is 38.0 Å². The van der Waals surface area contributed by atoms with Crippen molar-refractivity contribution in [2.75, 3.05) is 11.4 Å². The fourth-order valence-electron chi connectivity index (χ4n) is 7.02. The number of carbonyl (C=O) groups is 1. The van der Waals surface area contributed by atoms with Crippen LogP contribution in [0.5, 0.6) is 0 Å². The number of nitrogens with one attached hydrogen (secondary N) is 2. The molecule has 10 heteroatoms. The maximum absolute atomic E-state index is 14.0. The molecule has 1 amide bonds. The molecule has 5 atom stereocenters. The number of benzene rings is 2. The summed E-state index contributed by atoms with van der Waals surface area (Å²) in [6, 6.07) is 17.7. The lowest BCUT2D eigenvalue weighted by atomic mass is 9.70. The molecule has 10 nitrogen and oxygen atoms in total. The van der Waals surface area contributed by atoms with Crippen molar-refractivity contribution in [1.82, 2.24) is 19.9 Å².